The lowest BCUT2D eigenvalue weighted by Gasteiger charge is -2.04. The SMILES string of the molecule is O=P(O)(O)CCCCCCCC[n+]1ccc(-c2cc[n+](CCCCCCCCP(=O)(O)O)cc2)cc1.O=P(O)(O)CCCCCCCC[n+]1ccc(-c2cc[n+](CCCCCCCCP(=O)(O)O)cc2)cc1.O=P(O)(O)CCCCC[n+]1ccc(-c2cc[n+](CCCCCP(=O)(O)O)cc2)cc1.[Br-].[Br-].[Br-].[Br-].[Cl-].[Cl-]. The molecule has 36 heteroatoms. The monoisotopic (exact) mass is 1930 g/mol. The Morgan fingerprint density at radius 1 is 0.176 bits per heavy atom. The second-order valence-corrected chi connectivity index (χ2v) is 37.5. The van der Waals surface area contributed by atoms with E-state index in [2.05, 4.69) is 150 Å². The van der Waals surface area contributed by atoms with Crippen LogP contribution in [-0.4, -0.2) is 95.7 Å². The van der Waals surface area contributed by atoms with Crippen molar-refractivity contribution in [3.8, 4) is 33.4 Å². The maximum Gasteiger partial charge on any atom is 0.325 e. The molecule has 0 fully saturated rings. The number of halogens is 6. The van der Waals surface area contributed by atoms with Crippen LogP contribution < -0.4 is 120 Å². The van der Waals surface area contributed by atoms with E-state index in [1.807, 2.05) is 24.8 Å². The van der Waals surface area contributed by atoms with Gasteiger partial charge in [-0.05, 0) is 110 Å². The molecular formula is C72H120Br4Cl2N6O18P6. The van der Waals surface area contributed by atoms with Gasteiger partial charge in [0.15, 0.2) is 74.4 Å². The van der Waals surface area contributed by atoms with Crippen LogP contribution in [-0.2, 0) is 66.7 Å². The highest BCUT2D eigenvalue weighted by Crippen LogP contribution is 2.39. The molecule has 24 nitrogen and oxygen atoms in total. The summed E-state index contributed by atoms with van der Waals surface area (Å²) in [7, 11) is -23.1. The molecule has 12 N–H and O–H groups in total. The van der Waals surface area contributed by atoms with E-state index in [1.54, 1.807) is 0 Å². The van der Waals surface area contributed by atoms with Crippen LogP contribution in [0.4, 0.5) is 0 Å². The average Bonchev–Trinajstić information content (AvgIpc) is 0.864. The molecule has 0 aliphatic rings. The van der Waals surface area contributed by atoms with Crippen molar-refractivity contribution in [2.75, 3.05) is 37.0 Å². The summed E-state index contributed by atoms with van der Waals surface area (Å²) in [5.74, 6) is 0. The first-order chi connectivity index (χ1) is 48.4. The normalized spacial score (nSPS) is 11.6. The van der Waals surface area contributed by atoms with Gasteiger partial charge >= 0.3 is 45.6 Å². The van der Waals surface area contributed by atoms with Crippen LogP contribution >= 0.6 is 45.6 Å². The molecule has 0 saturated carbocycles. The summed E-state index contributed by atoms with van der Waals surface area (Å²) in [5.41, 5.74) is 7.00. The number of hydrogen-bond donors (Lipinski definition) is 12. The minimum atomic E-state index is -3.88. The molecule has 0 aliphatic carbocycles. The number of nitrogens with zero attached hydrogens (tertiary/aromatic N) is 6. The minimum absolute atomic E-state index is 0. The zero-order valence-corrected chi connectivity index (χ0v) is 75.2. The fraction of sp³-hybridized carbons (Fsp3) is 0.583. The first-order valence-electron chi connectivity index (χ1n) is 36.6. The molecule has 0 aromatic carbocycles. The topological polar surface area (TPSA) is 368 Å². The lowest BCUT2D eigenvalue weighted by atomic mass is 10.1. The van der Waals surface area contributed by atoms with Crippen molar-refractivity contribution in [1.82, 2.24) is 0 Å². The fourth-order valence-electron chi connectivity index (χ4n) is 11.6. The zero-order valence-electron chi connectivity index (χ0n) is 62.0. The van der Waals surface area contributed by atoms with Gasteiger partial charge in [-0.15, -0.1) is 0 Å². The van der Waals surface area contributed by atoms with Crippen molar-refractivity contribution in [3.05, 3.63) is 147 Å². The molecule has 618 valence electrons. The van der Waals surface area contributed by atoms with Gasteiger partial charge in [-0.3, -0.25) is 27.4 Å². The van der Waals surface area contributed by atoms with Crippen LogP contribution in [0.15, 0.2) is 147 Å². The molecule has 0 unspecified atom stereocenters. The highest BCUT2D eigenvalue weighted by atomic mass is 79.9. The molecule has 0 saturated heterocycles. The number of aromatic nitrogens is 6. The number of hydrogen-bond acceptors (Lipinski definition) is 6. The molecule has 0 aliphatic heterocycles. The van der Waals surface area contributed by atoms with E-state index in [1.165, 1.54) is 22.3 Å². The highest BCUT2D eigenvalue weighted by Gasteiger charge is 2.18. The standard InChI is InChI=1S/2C26H42N2O6P2.C20H30N2O6P2.4BrH.2ClH/c2*29-35(30,31)23-11-7-3-1-5-9-17-27-19-13-25(14-20-27)26-15-21-28(22-16-26)18-10-6-2-4-8-12-24-36(32,33)34;23-29(24,25)17-5-1-3-11-21-13-7-19(8-14-21)20-9-15-22(16-10-20)12-4-2-6-18-30(26,27)28;;;;;;/h2*13-16,19-22H,1-12,17-18,23-24H2,(H2-2,29,30,31,32,33,34);7-10,13-16H,1-6,11-12,17-18H2,(H2-2,23,24,25,26,27,28);6*1H. The van der Waals surface area contributed by atoms with Gasteiger partial charge in [0.25, 0.3) is 0 Å². The molecule has 0 spiro atoms. The summed E-state index contributed by atoms with van der Waals surface area (Å²) in [6, 6.07) is 25.4. The number of aryl methyl sites for hydroxylation is 6. The van der Waals surface area contributed by atoms with Gasteiger partial charge in [-0.2, -0.15) is 0 Å². The molecule has 0 amide bonds. The van der Waals surface area contributed by atoms with Gasteiger partial charge in [0, 0.05) is 148 Å². The lowest BCUT2D eigenvalue weighted by molar-refractivity contribution is -0.697. The Morgan fingerprint density at radius 2 is 0.269 bits per heavy atom. The highest BCUT2D eigenvalue weighted by molar-refractivity contribution is 7.53. The maximum absolute atomic E-state index is 10.8. The Labute approximate surface area is 695 Å². The summed E-state index contributed by atoms with van der Waals surface area (Å²) >= 11 is 0. The number of unbranched alkanes of at least 4 members (excludes halogenated alkanes) is 24. The van der Waals surface area contributed by atoms with Gasteiger partial charge in [-0.25, -0.2) is 27.4 Å². The summed E-state index contributed by atoms with van der Waals surface area (Å²) in [5, 5.41) is 0. The van der Waals surface area contributed by atoms with Crippen molar-refractivity contribution in [2.45, 2.75) is 232 Å². The van der Waals surface area contributed by atoms with Crippen molar-refractivity contribution < 1.29 is 206 Å². The van der Waals surface area contributed by atoms with Gasteiger partial charge in [0.2, 0.25) is 0 Å². The van der Waals surface area contributed by atoms with E-state index in [4.69, 9.17) is 58.7 Å². The van der Waals surface area contributed by atoms with Crippen molar-refractivity contribution in [2.24, 2.45) is 0 Å². The summed E-state index contributed by atoms with van der Waals surface area (Å²) in [4.78, 5) is 106. The molecule has 0 radical (unpaired) electrons. The average molecular weight is 1930 g/mol. The first-order valence-corrected chi connectivity index (χ1v) is 47.4. The van der Waals surface area contributed by atoms with Crippen LogP contribution in [0, 0.1) is 0 Å². The molecule has 0 atom stereocenters. The molecule has 6 aromatic rings. The third-order valence-electron chi connectivity index (χ3n) is 17.5. The van der Waals surface area contributed by atoms with E-state index < -0.39 is 45.6 Å². The maximum atomic E-state index is 10.8. The van der Waals surface area contributed by atoms with Crippen molar-refractivity contribution >= 4 is 45.6 Å². The lowest BCUT2D eigenvalue weighted by Crippen LogP contribution is -3.00. The Bertz CT molecular complexity index is 3160. The molecule has 6 heterocycles. The van der Waals surface area contributed by atoms with Gasteiger partial charge in [-0.1, -0.05) is 77.0 Å². The quantitative estimate of drug-likeness (QED) is 0.00963. The Kier molecular flexibility index (Phi) is 63.1. The van der Waals surface area contributed by atoms with Crippen LogP contribution in [0.25, 0.3) is 33.4 Å². The number of pyridine rings is 6. The van der Waals surface area contributed by atoms with Crippen molar-refractivity contribution in [1.29, 1.82) is 0 Å². The molecular weight excluding hydrogens is 1810 g/mol. The second-order valence-electron chi connectivity index (χ2n) is 26.9. The van der Waals surface area contributed by atoms with E-state index in [0.717, 1.165) is 204 Å². The van der Waals surface area contributed by atoms with Crippen LogP contribution in [0.2, 0.25) is 0 Å². The van der Waals surface area contributed by atoms with Gasteiger partial charge < -0.3 is 151 Å². The van der Waals surface area contributed by atoms with Gasteiger partial charge in [0.05, 0.1) is 0 Å². The largest absolute Gasteiger partial charge is 1.00 e. The predicted molar refractivity (Wildman–Crippen MR) is 397 cm³/mol. The minimum Gasteiger partial charge on any atom is -1.00 e. The van der Waals surface area contributed by atoms with Crippen LogP contribution in [0.1, 0.15) is 193 Å². The molecule has 6 aromatic heterocycles. The van der Waals surface area contributed by atoms with Crippen LogP contribution in [0.5, 0.6) is 0 Å². The first kappa shape index (κ1) is 110. The van der Waals surface area contributed by atoms with Gasteiger partial charge in [0.1, 0.15) is 39.3 Å². The summed E-state index contributed by atoms with van der Waals surface area (Å²) < 4.78 is 77.9. The van der Waals surface area contributed by atoms with Crippen LogP contribution in [0.3, 0.4) is 0 Å². The third kappa shape index (κ3) is 59.9. The Balaban J connectivity index is -0.00000150. The van der Waals surface area contributed by atoms with E-state index in [9.17, 15) is 27.4 Å². The van der Waals surface area contributed by atoms with E-state index in [0.29, 0.717) is 38.5 Å². The Hall–Kier alpha value is -1.70. The summed E-state index contributed by atoms with van der Waals surface area (Å²) in [6.07, 6.45) is 52.7. The second kappa shape index (κ2) is 61.7. The van der Waals surface area contributed by atoms with Crippen molar-refractivity contribution in [3.63, 3.8) is 0 Å². The van der Waals surface area contributed by atoms with E-state index in [-0.39, 0.29) is 130 Å². The Morgan fingerprint density at radius 3 is 0.380 bits per heavy atom. The predicted octanol–water partition coefficient (Wildman–Crippen LogP) is -5.42. The molecule has 108 heavy (non-hydrogen) atoms. The van der Waals surface area contributed by atoms with E-state index >= 15 is 0 Å². The smallest absolute Gasteiger partial charge is 0.325 e. The molecule has 6 rings (SSSR count). The summed E-state index contributed by atoms with van der Waals surface area (Å²) in [6.45, 7) is 5.53. The number of rotatable bonds is 51. The third-order valence-corrected chi connectivity index (χ3v) is 22.9. The fourth-order valence-corrected chi connectivity index (χ4v) is 15.5. The zero-order chi connectivity index (χ0) is 74.6. The molecule has 0 bridgehead atoms.